The van der Waals surface area contributed by atoms with Crippen molar-refractivity contribution in [1.29, 1.82) is 0 Å². The first kappa shape index (κ1) is 22.1. The van der Waals surface area contributed by atoms with Gasteiger partial charge in [0.1, 0.15) is 5.69 Å². The van der Waals surface area contributed by atoms with E-state index >= 15 is 0 Å². The summed E-state index contributed by atoms with van der Waals surface area (Å²) in [7, 11) is 0. The molecule has 4 rings (SSSR count). The van der Waals surface area contributed by atoms with Crippen LogP contribution in [0.5, 0.6) is 0 Å². The second kappa shape index (κ2) is 9.61. The van der Waals surface area contributed by atoms with Crippen LogP contribution in [0.15, 0.2) is 66.0 Å². The molecule has 6 nitrogen and oxygen atoms in total. The van der Waals surface area contributed by atoms with Gasteiger partial charge in [0.05, 0.1) is 6.20 Å². The first-order chi connectivity index (χ1) is 15.5. The number of aromatic nitrogens is 2. The standard InChI is InChI=1S/C25H28N4O2S/c1-18(2)19-9-11-20(12-10-19)23(30)27-13-15-28(16-14-27)24(31)22-17-26-25(32-3)29(22)21-7-5-4-6-8-21/h4-12,17-18H,13-16H2,1-3H3. The average Bonchev–Trinajstić information content (AvgIpc) is 3.28. The molecule has 0 N–H and O–H groups in total. The third-order valence-corrected chi connectivity index (χ3v) is 6.48. The lowest BCUT2D eigenvalue weighted by Gasteiger charge is -2.35. The van der Waals surface area contributed by atoms with Crippen molar-refractivity contribution in [2.24, 2.45) is 0 Å². The van der Waals surface area contributed by atoms with E-state index in [9.17, 15) is 9.59 Å². The summed E-state index contributed by atoms with van der Waals surface area (Å²) in [6.45, 7) is 6.32. The summed E-state index contributed by atoms with van der Waals surface area (Å²) in [5.41, 5.74) is 3.37. The molecule has 7 heteroatoms. The van der Waals surface area contributed by atoms with Gasteiger partial charge in [-0.15, -0.1) is 0 Å². The molecule has 0 aliphatic carbocycles. The number of carbonyl (C=O) groups is 2. The Hall–Kier alpha value is -3.06. The van der Waals surface area contributed by atoms with Crippen LogP contribution in [0.4, 0.5) is 0 Å². The molecule has 2 aromatic carbocycles. The maximum absolute atomic E-state index is 13.3. The molecule has 1 aromatic heterocycles. The van der Waals surface area contributed by atoms with Crippen molar-refractivity contribution in [3.8, 4) is 5.69 Å². The van der Waals surface area contributed by atoms with Gasteiger partial charge in [0, 0.05) is 37.4 Å². The molecule has 32 heavy (non-hydrogen) atoms. The lowest BCUT2D eigenvalue weighted by molar-refractivity contribution is 0.0530. The number of hydrogen-bond acceptors (Lipinski definition) is 4. The van der Waals surface area contributed by atoms with Crippen LogP contribution in [-0.4, -0.2) is 63.6 Å². The Kier molecular flexibility index (Phi) is 6.65. The van der Waals surface area contributed by atoms with E-state index in [1.807, 2.05) is 75.2 Å². The minimum Gasteiger partial charge on any atom is -0.335 e. The average molecular weight is 449 g/mol. The summed E-state index contributed by atoms with van der Waals surface area (Å²) >= 11 is 1.51. The molecule has 1 fully saturated rings. The van der Waals surface area contributed by atoms with Gasteiger partial charge in [0.15, 0.2) is 5.16 Å². The van der Waals surface area contributed by atoms with Gasteiger partial charge in [0.2, 0.25) is 0 Å². The molecule has 0 spiro atoms. The van der Waals surface area contributed by atoms with Crippen LogP contribution in [0.1, 0.15) is 46.2 Å². The second-order valence-corrected chi connectivity index (χ2v) is 8.94. The summed E-state index contributed by atoms with van der Waals surface area (Å²) < 4.78 is 1.90. The third-order valence-electron chi connectivity index (χ3n) is 5.82. The zero-order valence-corrected chi connectivity index (χ0v) is 19.5. The molecular weight excluding hydrogens is 420 g/mol. The highest BCUT2D eigenvalue weighted by Crippen LogP contribution is 2.23. The van der Waals surface area contributed by atoms with E-state index < -0.39 is 0 Å². The van der Waals surface area contributed by atoms with Crippen molar-refractivity contribution >= 4 is 23.6 Å². The van der Waals surface area contributed by atoms with Crippen molar-refractivity contribution in [1.82, 2.24) is 19.4 Å². The summed E-state index contributed by atoms with van der Waals surface area (Å²) in [6.07, 6.45) is 3.60. The van der Waals surface area contributed by atoms with E-state index in [0.29, 0.717) is 43.4 Å². The van der Waals surface area contributed by atoms with E-state index in [-0.39, 0.29) is 11.8 Å². The quantitative estimate of drug-likeness (QED) is 0.546. The number of carbonyl (C=O) groups excluding carboxylic acids is 2. The number of nitrogens with zero attached hydrogens (tertiary/aromatic N) is 4. The van der Waals surface area contributed by atoms with Gasteiger partial charge in [-0.1, -0.05) is 55.9 Å². The largest absolute Gasteiger partial charge is 0.335 e. The molecule has 0 atom stereocenters. The predicted molar refractivity (Wildman–Crippen MR) is 128 cm³/mol. The van der Waals surface area contributed by atoms with Crippen molar-refractivity contribution < 1.29 is 9.59 Å². The van der Waals surface area contributed by atoms with Crippen LogP contribution in [0, 0.1) is 0 Å². The molecule has 2 heterocycles. The van der Waals surface area contributed by atoms with E-state index in [1.54, 1.807) is 6.20 Å². The van der Waals surface area contributed by atoms with Crippen LogP contribution < -0.4 is 0 Å². The van der Waals surface area contributed by atoms with Crippen molar-refractivity contribution in [2.45, 2.75) is 24.9 Å². The highest BCUT2D eigenvalue weighted by molar-refractivity contribution is 7.98. The minimum absolute atomic E-state index is 0.0198. The smallest absolute Gasteiger partial charge is 0.272 e. The number of rotatable bonds is 5. The number of imidazole rings is 1. The molecule has 1 saturated heterocycles. The molecule has 166 valence electrons. The Morgan fingerprint density at radius 3 is 2.03 bits per heavy atom. The van der Waals surface area contributed by atoms with Gasteiger partial charge in [-0.3, -0.25) is 14.2 Å². The Balaban J connectivity index is 1.45. The van der Waals surface area contributed by atoms with Gasteiger partial charge >= 0.3 is 0 Å². The molecular formula is C25H28N4O2S. The van der Waals surface area contributed by atoms with Crippen LogP contribution in [0.2, 0.25) is 0 Å². The lowest BCUT2D eigenvalue weighted by atomic mass is 10.0. The predicted octanol–water partition coefficient (Wildman–Crippen LogP) is 4.32. The zero-order valence-electron chi connectivity index (χ0n) is 18.7. The van der Waals surface area contributed by atoms with Crippen molar-refractivity contribution in [3.05, 3.63) is 77.6 Å². The monoisotopic (exact) mass is 448 g/mol. The number of hydrogen-bond donors (Lipinski definition) is 0. The van der Waals surface area contributed by atoms with Crippen LogP contribution in [0.25, 0.3) is 5.69 Å². The van der Waals surface area contributed by atoms with E-state index in [0.717, 1.165) is 10.8 Å². The SMILES string of the molecule is CSc1ncc(C(=O)N2CCN(C(=O)c3ccc(C(C)C)cc3)CC2)n1-c1ccccc1. The van der Waals surface area contributed by atoms with Gasteiger partial charge in [-0.2, -0.15) is 0 Å². The fourth-order valence-electron chi connectivity index (χ4n) is 3.92. The molecule has 1 aliphatic heterocycles. The van der Waals surface area contributed by atoms with Crippen LogP contribution >= 0.6 is 11.8 Å². The Bertz CT molecular complexity index is 1080. The van der Waals surface area contributed by atoms with E-state index in [4.69, 9.17) is 0 Å². The first-order valence-electron chi connectivity index (χ1n) is 10.8. The number of para-hydroxylation sites is 1. The first-order valence-corrected chi connectivity index (χ1v) is 12.1. The molecule has 0 radical (unpaired) electrons. The minimum atomic E-state index is -0.0601. The molecule has 0 saturated carbocycles. The fourth-order valence-corrected chi connectivity index (χ4v) is 4.47. The Morgan fingerprint density at radius 2 is 1.47 bits per heavy atom. The molecule has 0 unspecified atom stereocenters. The number of benzene rings is 2. The normalized spacial score (nSPS) is 14.1. The number of amides is 2. The molecule has 2 amide bonds. The molecule has 1 aliphatic rings. The zero-order chi connectivity index (χ0) is 22.7. The Labute approximate surface area is 193 Å². The molecule has 3 aromatic rings. The highest BCUT2D eigenvalue weighted by Gasteiger charge is 2.28. The summed E-state index contributed by atoms with van der Waals surface area (Å²) in [5.74, 6) is 0.395. The summed E-state index contributed by atoms with van der Waals surface area (Å²) in [4.78, 5) is 34.3. The topological polar surface area (TPSA) is 58.4 Å². The fraction of sp³-hybridized carbons (Fsp3) is 0.320. The van der Waals surface area contributed by atoms with E-state index in [2.05, 4.69) is 18.8 Å². The van der Waals surface area contributed by atoms with Gasteiger partial charge in [-0.05, 0) is 42.0 Å². The maximum atomic E-state index is 13.3. The molecule has 0 bridgehead atoms. The van der Waals surface area contributed by atoms with E-state index in [1.165, 1.54) is 17.3 Å². The highest BCUT2D eigenvalue weighted by atomic mass is 32.2. The number of piperazine rings is 1. The van der Waals surface area contributed by atoms with Crippen molar-refractivity contribution in [2.75, 3.05) is 32.4 Å². The van der Waals surface area contributed by atoms with Gasteiger partial charge < -0.3 is 9.80 Å². The van der Waals surface area contributed by atoms with Gasteiger partial charge in [0.25, 0.3) is 11.8 Å². The lowest BCUT2D eigenvalue weighted by Crippen LogP contribution is -2.50. The Morgan fingerprint density at radius 1 is 0.875 bits per heavy atom. The summed E-state index contributed by atoms with van der Waals surface area (Å²) in [5, 5.41) is 0.776. The van der Waals surface area contributed by atoms with Crippen LogP contribution in [-0.2, 0) is 0 Å². The second-order valence-electron chi connectivity index (χ2n) is 8.16. The van der Waals surface area contributed by atoms with Gasteiger partial charge in [-0.25, -0.2) is 4.98 Å². The van der Waals surface area contributed by atoms with Crippen LogP contribution in [0.3, 0.4) is 0 Å². The third kappa shape index (κ3) is 4.43. The van der Waals surface area contributed by atoms with Crippen molar-refractivity contribution in [3.63, 3.8) is 0 Å². The maximum Gasteiger partial charge on any atom is 0.272 e. The number of thioether (sulfide) groups is 1. The summed E-state index contributed by atoms with van der Waals surface area (Å²) in [6, 6.07) is 17.6.